The zero-order valence-electron chi connectivity index (χ0n) is 16.1. The van der Waals surface area contributed by atoms with Crippen LogP contribution in [0.15, 0.2) is 47.4 Å². The van der Waals surface area contributed by atoms with E-state index < -0.39 is 10.0 Å². The van der Waals surface area contributed by atoms with Gasteiger partial charge in [-0.3, -0.25) is 0 Å². The highest BCUT2D eigenvalue weighted by atomic mass is 32.2. The number of rotatable bonds is 2. The summed E-state index contributed by atoms with van der Waals surface area (Å²) in [5.41, 5.74) is 0. The highest BCUT2D eigenvalue weighted by Crippen LogP contribution is 2.23. The second kappa shape index (κ2) is 8.09. The number of sulfonamides is 1. The number of benzene rings is 2. The molecule has 2 saturated heterocycles. The highest BCUT2D eigenvalue weighted by molar-refractivity contribution is 7.89. The maximum absolute atomic E-state index is 13.1. The molecule has 0 spiro atoms. The Morgan fingerprint density at radius 1 is 0.714 bits per heavy atom. The molecule has 28 heavy (non-hydrogen) atoms. The molecule has 2 heterocycles. The lowest BCUT2D eigenvalue weighted by Gasteiger charge is -2.36. The number of likely N-dealkylation sites (tertiary alicyclic amines) is 1. The Balaban J connectivity index is 1.43. The van der Waals surface area contributed by atoms with Gasteiger partial charge in [0.2, 0.25) is 10.0 Å². The van der Waals surface area contributed by atoms with E-state index in [0.717, 1.165) is 36.7 Å². The van der Waals surface area contributed by atoms with Crippen LogP contribution in [0.2, 0.25) is 0 Å². The van der Waals surface area contributed by atoms with Crippen molar-refractivity contribution in [2.45, 2.75) is 30.6 Å². The van der Waals surface area contributed by atoms with Gasteiger partial charge in [0.25, 0.3) is 0 Å². The summed E-state index contributed by atoms with van der Waals surface area (Å²) in [4.78, 5) is 16.8. The number of urea groups is 1. The van der Waals surface area contributed by atoms with Crippen LogP contribution in [-0.4, -0.2) is 67.8 Å². The minimum Gasteiger partial charge on any atom is -0.325 e. The summed E-state index contributed by atoms with van der Waals surface area (Å²) in [5, 5.41) is 1.94. The minimum absolute atomic E-state index is 0.0599. The first-order chi connectivity index (χ1) is 13.6. The molecule has 2 aromatic rings. The monoisotopic (exact) mass is 401 g/mol. The number of piperazine rings is 1. The van der Waals surface area contributed by atoms with Gasteiger partial charge in [0.15, 0.2) is 0 Å². The van der Waals surface area contributed by atoms with Crippen LogP contribution in [0.3, 0.4) is 0 Å². The second-order valence-electron chi connectivity index (χ2n) is 7.58. The fourth-order valence-corrected chi connectivity index (χ4v) is 5.52. The predicted octanol–water partition coefficient (Wildman–Crippen LogP) is 3.14. The Morgan fingerprint density at radius 2 is 1.32 bits per heavy atom. The molecule has 150 valence electrons. The van der Waals surface area contributed by atoms with Gasteiger partial charge in [-0.15, -0.1) is 0 Å². The molecular formula is C21H27N3O3S. The molecule has 0 aliphatic carbocycles. The van der Waals surface area contributed by atoms with Gasteiger partial charge in [-0.2, -0.15) is 4.31 Å². The molecule has 0 unspecified atom stereocenters. The Morgan fingerprint density at radius 3 is 2.00 bits per heavy atom. The maximum Gasteiger partial charge on any atom is 0.320 e. The third-order valence-corrected chi connectivity index (χ3v) is 7.64. The Labute approximate surface area is 166 Å². The summed E-state index contributed by atoms with van der Waals surface area (Å²) < 4.78 is 27.6. The Hall–Kier alpha value is -2.12. The summed E-state index contributed by atoms with van der Waals surface area (Å²) in [6.07, 6.45) is 4.48. The van der Waals surface area contributed by atoms with E-state index in [1.165, 1.54) is 17.1 Å². The quantitative estimate of drug-likeness (QED) is 0.777. The molecule has 0 radical (unpaired) electrons. The molecule has 2 aliphatic rings. The molecule has 4 rings (SSSR count). The molecule has 2 fully saturated rings. The van der Waals surface area contributed by atoms with Gasteiger partial charge in [-0.05, 0) is 35.7 Å². The van der Waals surface area contributed by atoms with E-state index in [1.54, 1.807) is 17.0 Å². The lowest BCUT2D eigenvalue weighted by molar-refractivity contribution is 0.135. The van der Waals surface area contributed by atoms with Crippen molar-refractivity contribution in [3.8, 4) is 0 Å². The van der Waals surface area contributed by atoms with E-state index in [0.29, 0.717) is 31.1 Å². The van der Waals surface area contributed by atoms with Crippen LogP contribution in [0, 0.1) is 0 Å². The van der Waals surface area contributed by atoms with Crippen LogP contribution in [0.1, 0.15) is 25.7 Å². The molecule has 0 N–H and O–H groups in total. The number of hydrogen-bond donors (Lipinski definition) is 0. The molecule has 0 bridgehead atoms. The predicted molar refractivity (Wildman–Crippen MR) is 110 cm³/mol. The van der Waals surface area contributed by atoms with Gasteiger partial charge in [-0.25, -0.2) is 13.2 Å². The van der Waals surface area contributed by atoms with Crippen LogP contribution >= 0.6 is 0 Å². The lowest BCUT2D eigenvalue weighted by atomic mass is 10.1. The topological polar surface area (TPSA) is 60.9 Å². The lowest BCUT2D eigenvalue weighted by Crippen LogP contribution is -2.54. The van der Waals surface area contributed by atoms with E-state index in [9.17, 15) is 13.2 Å². The van der Waals surface area contributed by atoms with Crippen molar-refractivity contribution >= 4 is 26.8 Å². The number of nitrogens with zero attached hydrogens (tertiary/aromatic N) is 3. The normalized spacial score (nSPS) is 19.6. The standard InChI is InChI=1S/C21H27N3O3S/c25-21(22-11-5-1-2-6-12-22)23-13-15-24(16-14-23)28(26,27)20-10-9-18-7-3-4-8-19(18)17-20/h3-4,7-10,17H,1-2,5-6,11-16H2. The van der Waals surface area contributed by atoms with Crippen molar-refractivity contribution in [2.24, 2.45) is 0 Å². The fraction of sp³-hybridized carbons (Fsp3) is 0.476. The summed E-state index contributed by atoms with van der Waals surface area (Å²) in [6.45, 7) is 3.21. The van der Waals surface area contributed by atoms with Gasteiger partial charge in [-0.1, -0.05) is 43.2 Å². The average Bonchev–Trinajstić information content (AvgIpc) is 3.02. The molecule has 6 nitrogen and oxygen atoms in total. The van der Waals surface area contributed by atoms with E-state index in [1.807, 2.05) is 35.2 Å². The van der Waals surface area contributed by atoms with E-state index in [2.05, 4.69) is 0 Å². The number of hydrogen-bond acceptors (Lipinski definition) is 3. The minimum atomic E-state index is -3.55. The maximum atomic E-state index is 13.1. The number of amides is 2. The smallest absolute Gasteiger partial charge is 0.320 e. The van der Waals surface area contributed by atoms with Crippen molar-refractivity contribution in [1.29, 1.82) is 0 Å². The van der Waals surface area contributed by atoms with E-state index in [4.69, 9.17) is 0 Å². The largest absolute Gasteiger partial charge is 0.325 e. The van der Waals surface area contributed by atoms with Gasteiger partial charge < -0.3 is 9.80 Å². The summed E-state index contributed by atoms with van der Waals surface area (Å²) >= 11 is 0. The number of carbonyl (C=O) groups is 1. The zero-order valence-corrected chi connectivity index (χ0v) is 16.9. The van der Waals surface area contributed by atoms with Crippen molar-refractivity contribution in [3.05, 3.63) is 42.5 Å². The Kier molecular flexibility index (Phi) is 5.55. The first-order valence-corrected chi connectivity index (χ1v) is 11.5. The third-order valence-electron chi connectivity index (χ3n) is 5.74. The van der Waals surface area contributed by atoms with Gasteiger partial charge in [0.05, 0.1) is 4.90 Å². The third kappa shape index (κ3) is 3.86. The van der Waals surface area contributed by atoms with Gasteiger partial charge in [0.1, 0.15) is 0 Å². The van der Waals surface area contributed by atoms with Crippen LogP contribution in [-0.2, 0) is 10.0 Å². The van der Waals surface area contributed by atoms with Crippen LogP contribution in [0.4, 0.5) is 4.79 Å². The zero-order chi connectivity index (χ0) is 19.6. The first kappa shape index (κ1) is 19.2. The molecule has 0 saturated carbocycles. The molecule has 7 heteroatoms. The van der Waals surface area contributed by atoms with Crippen LogP contribution in [0.5, 0.6) is 0 Å². The molecular weight excluding hydrogens is 374 g/mol. The Bertz CT molecular complexity index is 944. The van der Waals surface area contributed by atoms with Crippen molar-refractivity contribution in [1.82, 2.24) is 14.1 Å². The molecule has 0 aromatic heterocycles. The van der Waals surface area contributed by atoms with Crippen LogP contribution < -0.4 is 0 Å². The molecule has 2 aromatic carbocycles. The molecule has 2 amide bonds. The molecule has 0 atom stereocenters. The summed E-state index contributed by atoms with van der Waals surface area (Å²) in [7, 11) is -3.55. The first-order valence-electron chi connectivity index (χ1n) is 10.1. The molecule has 2 aliphatic heterocycles. The second-order valence-corrected chi connectivity index (χ2v) is 9.52. The number of carbonyl (C=O) groups excluding carboxylic acids is 1. The van der Waals surface area contributed by atoms with Crippen molar-refractivity contribution < 1.29 is 13.2 Å². The number of fused-ring (bicyclic) bond motifs is 1. The van der Waals surface area contributed by atoms with Crippen molar-refractivity contribution in [3.63, 3.8) is 0 Å². The van der Waals surface area contributed by atoms with Gasteiger partial charge in [0, 0.05) is 39.3 Å². The van der Waals surface area contributed by atoms with Gasteiger partial charge >= 0.3 is 6.03 Å². The highest BCUT2D eigenvalue weighted by Gasteiger charge is 2.31. The summed E-state index contributed by atoms with van der Waals surface area (Å²) in [6, 6.07) is 13.1. The van der Waals surface area contributed by atoms with Crippen LogP contribution in [0.25, 0.3) is 10.8 Å². The van der Waals surface area contributed by atoms with E-state index >= 15 is 0 Å². The summed E-state index contributed by atoms with van der Waals surface area (Å²) in [5.74, 6) is 0. The SMILES string of the molecule is O=C(N1CCCCCC1)N1CCN(S(=O)(=O)c2ccc3ccccc3c2)CC1. The average molecular weight is 402 g/mol. The van der Waals surface area contributed by atoms with Crippen molar-refractivity contribution in [2.75, 3.05) is 39.3 Å². The van der Waals surface area contributed by atoms with E-state index in [-0.39, 0.29) is 6.03 Å². The fourth-order valence-electron chi connectivity index (χ4n) is 4.06.